The summed E-state index contributed by atoms with van der Waals surface area (Å²) < 4.78 is 0. The highest BCUT2D eigenvalue weighted by molar-refractivity contribution is 6.31. The first-order valence-corrected chi connectivity index (χ1v) is 6.61. The van der Waals surface area contributed by atoms with Crippen molar-refractivity contribution in [1.82, 2.24) is 9.88 Å². The summed E-state index contributed by atoms with van der Waals surface area (Å²) in [6.45, 7) is 2.32. The SMILES string of the molecule is NC1CCN(CC(=O)Cc2ccncc2Cl)CC1. The van der Waals surface area contributed by atoms with Crippen molar-refractivity contribution in [2.45, 2.75) is 25.3 Å². The van der Waals surface area contributed by atoms with Gasteiger partial charge in [0, 0.05) is 37.9 Å². The Balaban J connectivity index is 1.84. The van der Waals surface area contributed by atoms with E-state index >= 15 is 0 Å². The third kappa shape index (κ3) is 3.77. The number of hydrogen-bond acceptors (Lipinski definition) is 4. The topological polar surface area (TPSA) is 59.2 Å². The van der Waals surface area contributed by atoms with Gasteiger partial charge >= 0.3 is 0 Å². The highest BCUT2D eigenvalue weighted by Crippen LogP contribution is 2.15. The summed E-state index contributed by atoms with van der Waals surface area (Å²) in [6, 6.07) is 2.10. The van der Waals surface area contributed by atoms with Crippen molar-refractivity contribution in [2.75, 3.05) is 19.6 Å². The van der Waals surface area contributed by atoms with Gasteiger partial charge in [-0.3, -0.25) is 14.7 Å². The van der Waals surface area contributed by atoms with Crippen molar-refractivity contribution in [3.05, 3.63) is 29.0 Å². The van der Waals surface area contributed by atoms with Crippen molar-refractivity contribution in [2.24, 2.45) is 5.73 Å². The maximum atomic E-state index is 12.0. The van der Waals surface area contributed by atoms with Gasteiger partial charge in [0.2, 0.25) is 0 Å². The maximum Gasteiger partial charge on any atom is 0.151 e. The number of halogens is 1. The zero-order valence-corrected chi connectivity index (χ0v) is 11.1. The molecule has 5 heteroatoms. The molecule has 0 aliphatic carbocycles. The van der Waals surface area contributed by atoms with Crippen LogP contribution in [0, 0.1) is 0 Å². The average molecular weight is 268 g/mol. The maximum absolute atomic E-state index is 12.0. The lowest BCUT2D eigenvalue weighted by molar-refractivity contribution is -0.119. The van der Waals surface area contributed by atoms with E-state index in [9.17, 15) is 4.79 Å². The average Bonchev–Trinajstić information content (AvgIpc) is 2.35. The molecular weight excluding hydrogens is 250 g/mol. The molecule has 98 valence electrons. The Morgan fingerprint density at radius 2 is 2.22 bits per heavy atom. The zero-order chi connectivity index (χ0) is 13.0. The molecular formula is C13H18ClN3O. The molecule has 1 aliphatic heterocycles. The number of aromatic nitrogens is 1. The van der Waals surface area contributed by atoms with Crippen molar-refractivity contribution in [3.63, 3.8) is 0 Å². The number of Topliss-reactive ketones (excluding diaryl/α,β-unsaturated/α-hetero) is 1. The van der Waals surface area contributed by atoms with Gasteiger partial charge in [0.15, 0.2) is 5.78 Å². The van der Waals surface area contributed by atoms with Gasteiger partial charge in [-0.05, 0) is 24.5 Å². The highest BCUT2D eigenvalue weighted by Gasteiger charge is 2.18. The predicted molar refractivity (Wildman–Crippen MR) is 71.6 cm³/mol. The molecule has 0 atom stereocenters. The number of rotatable bonds is 4. The molecule has 0 unspecified atom stereocenters. The summed E-state index contributed by atoms with van der Waals surface area (Å²) in [6.07, 6.45) is 5.56. The molecule has 2 heterocycles. The van der Waals surface area contributed by atoms with Crippen LogP contribution in [0.15, 0.2) is 18.5 Å². The molecule has 0 radical (unpaired) electrons. The number of piperidine rings is 1. The Labute approximate surface area is 112 Å². The quantitative estimate of drug-likeness (QED) is 0.893. The van der Waals surface area contributed by atoms with Crippen LogP contribution in [0.5, 0.6) is 0 Å². The molecule has 18 heavy (non-hydrogen) atoms. The molecule has 0 saturated carbocycles. The zero-order valence-electron chi connectivity index (χ0n) is 10.3. The van der Waals surface area contributed by atoms with E-state index in [4.69, 9.17) is 17.3 Å². The van der Waals surface area contributed by atoms with Crippen LogP contribution >= 0.6 is 11.6 Å². The van der Waals surface area contributed by atoms with Crippen molar-refractivity contribution in [3.8, 4) is 0 Å². The third-order valence-electron chi connectivity index (χ3n) is 3.28. The lowest BCUT2D eigenvalue weighted by atomic mass is 10.0. The van der Waals surface area contributed by atoms with Gasteiger partial charge < -0.3 is 5.73 Å². The summed E-state index contributed by atoms with van der Waals surface area (Å²) in [5, 5.41) is 0.562. The Morgan fingerprint density at radius 1 is 1.50 bits per heavy atom. The van der Waals surface area contributed by atoms with Crippen molar-refractivity contribution < 1.29 is 4.79 Å². The smallest absolute Gasteiger partial charge is 0.151 e. The van der Waals surface area contributed by atoms with E-state index < -0.39 is 0 Å². The lowest BCUT2D eigenvalue weighted by Crippen LogP contribution is -2.42. The highest BCUT2D eigenvalue weighted by atomic mass is 35.5. The Hall–Kier alpha value is -0.970. The van der Waals surface area contributed by atoms with Gasteiger partial charge in [-0.2, -0.15) is 0 Å². The van der Waals surface area contributed by atoms with Crippen LogP contribution in [-0.4, -0.2) is 41.3 Å². The van der Waals surface area contributed by atoms with Gasteiger partial charge in [-0.25, -0.2) is 0 Å². The first-order valence-electron chi connectivity index (χ1n) is 6.23. The van der Waals surface area contributed by atoms with Crippen LogP contribution in [0.25, 0.3) is 0 Å². The Morgan fingerprint density at radius 3 is 2.89 bits per heavy atom. The van der Waals surface area contributed by atoms with E-state index in [-0.39, 0.29) is 5.78 Å². The molecule has 0 spiro atoms. The van der Waals surface area contributed by atoms with Crippen LogP contribution < -0.4 is 5.73 Å². The van der Waals surface area contributed by atoms with E-state index in [1.807, 2.05) is 0 Å². The van der Waals surface area contributed by atoms with Crippen LogP contribution in [0.4, 0.5) is 0 Å². The van der Waals surface area contributed by atoms with Gasteiger partial charge in [0.1, 0.15) is 0 Å². The minimum atomic E-state index is 0.193. The summed E-state index contributed by atoms with van der Waals surface area (Å²) in [5.41, 5.74) is 6.69. The van der Waals surface area contributed by atoms with E-state index in [0.717, 1.165) is 31.5 Å². The van der Waals surface area contributed by atoms with E-state index in [2.05, 4.69) is 9.88 Å². The fraction of sp³-hybridized carbons (Fsp3) is 0.538. The van der Waals surface area contributed by atoms with Gasteiger partial charge in [0.25, 0.3) is 0 Å². The molecule has 1 aromatic rings. The number of hydrogen-bond donors (Lipinski definition) is 1. The van der Waals surface area contributed by atoms with Crippen molar-refractivity contribution >= 4 is 17.4 Å². The third-order valence-corrected chi connectivity index (χ3v) is 3.62. The van der Waals surface area contributed by atoms with Gasteiger partial charge in [-0.1, -0.05) is 11.6 Å². The van der Waals surface area contributed by atoms with Crippen LogP contribution in [0.2, 0.25) is 5.02 Å². The van der Waals surface area contributed by atoms with Gasteiger partial charge in [-0.15, -0.1) is 0 Å². The molecule has 0 bridgehead atoms. The fourth-order valence-corrected chi connectivity index (χ4v) is 2.36. The Bertz CT molecular complexity index is 416. The number of carbonyl (C=O) groups is 1. The second-order valence-electron chi connectivity index (χ2n) is 4.80. The molecule has 0 aromatic carbocycles. The largest absolute Gasteiger partial charge is 0.328 e. The molecule has 1 aliphatic rings. The standard InChI is InChI=1S/C13H18ClN3O/c14-13-8-16-4-1-10(13)7-12(18)9-17-5-2-11(15)3-6-17/h1,4,8,11H,2-3,5-7,9,15H2. The van der Waals surface area contributed by atoms with E-state index in [1.54, 1.807) is 18.5 Å². The molecule has 1 aromatic heterocycles. The first kappa shape index (κ1) is 13.5. The fourth-order valence-electron chi connectivity index (χ4n) is 2.18. The number of ketones is 1. The molecule has 4 nitrogen and oxygen atoms in total. The minimum Gasteiger partial charge on any atom is -0.328 e. The number of nitrogens with two attached hydrogens (primary N) is 1. The second kappa shape index (κ2) is 6.27. The summed E-state index contributed by atoms with van der Waals surface area (Å²) in [7, 11) is 0. The van der Waals surface area contributed by atoms with Crippen molar-refractivity contribution in [1.29, 1.82) is 0 Å². The number of pyridine rings is 1. The normalized spacial score (nSPS) is 17.9. The molecule has 1 saturated heterocycles. The molecule has 2 N–H and O–H groups in total. The molecule has 2 rings (SSSR count). The monoisotopic (exact) mass is 267 g/mol. The van der Waals surface area contributed by atoms with Gasteiger partial charge in [0.05, 0.1) is 11.6 Å². The number of carbonyl (C=O) groups excluding carboxylic acids is 1. The summed E-state index contributed by atoms with van der Waals surface area (Å²) in [5.74, 6) is 0.193. The number of nitrogens with zero attached hydrogens (tertiary/aromatic N) is 2. The van der Waals surface area contributed by atoms with Crippen LogP contribution in [-0.2, 0) is 11.2 Å². The summed E-state index contributed by atoms with van der Waals surface area (Å²) in [4.78, 5) is 18.0. The Kier molecular flexibility index (Phi) is 4.69. The molecule has 0 amide bonds. The number of likely N-dealkylation sites (tertiary alicyclic amines) is 1. The minimum absolute atomic E-state index is 0.193. The second-order valence-corrected chi connectivity index (χ2v) is 5.20. The van der Waals surface area contributed by atoms with Crippen LogP contribution in [0.1, 0.15) is 18.4 Å². The van der Waals surface area contributed by atoms with Crippen LogP contribution in [0.3, 0.4) is 0 Å². The van der Waals surface area contributed by atoms with E-state index in [1.165, 1.54) is 0 Å². The summed E-state index contributed by atoms with van der Waals surface area (Å²) >= 11 is 5.99. The lowest BCUT2D eigenvalue weighted by Gasteiger charge is -2.29. The predicted octanol–water partition coefficient (Wildman–Crippen LogP) is 1.27. The first-order chi connectivity index (χ1) is 8.65. The molecule has 1 fully saturated rings. The van der Waals surface area contributed by atoms with E-state index in [0.29, 0.717) is 24.0 Å².